The molecule has 3 aliphatic rings. The van der Waals surface area contributed by atoms with Gasteiger partial charge in [0.05, 0.1) is 23.2 Å². The molecule has 6 atom stereocenters. The summed E-state index contributed by atoms with van der Waals surface area (Å²) < 4.78 is 4.59. The average Bonchev–Trinajstić information content (AvgIpc) is 3.41. The summed E-state index contributed by atoms with van der Waals surface area (Å²) in [7, 11) is 0. The predicted molar refractivity (Wildman–Crippen MR) is 141 cm³/mol. The minimum atomic E-state index is -0.820. The number of benzene rings is 1. The molecule has 1 spiro atoms. The van der Waals surface area contributed by atoms with Gasteiger partial charge in [-0.2, -0.15) is 0 Å². The number of hydrogen-bond acceptors (Lipinski definition) is 6. The van der Waals surface area contributed by atoms with E-state index in [0.29, 0.717) is 6.42 Å². The Labute approximate surface area is 218 Å². The van der Waals surface area contributed by atoms with Crippen LogP contribution < -0.4 is 4.90 Å². The molecule has 35 heavy (non-hydrogen) atoms. The van der Waals surface area contributed by atoms with E-state index < -0.39 is 28.6 Å². The molecule has 0 aliphatic carbocycles. The van der Waals surface area contributed by atoms with E-state index in [1.807, 2.05) is 32.0 Å². The van der Waals surface area contributed by atoms with Crippen LogP contribution in [0.25, 0.3) is 0 Å². The molecule has 7 nitrogen and oxygen atoms in total. The third kappa shape index (κ3) is 4.15. The number of aliphatic hydroxyl groups is 1. The lowest BCUT2D eigenvalue weighted by atomic mass is 9.71. The van der Waals surface area contributed by atoms with Gasteiger partial charge < -0.3 is 19.6 Å². The number of anilines is 1. The Morgan fingerprint density at radius 2 is 2.09 bits per heavy atom. The van der Waals surface area contributed by atoms with Crippen molar-refractivity contribution in [3.63, 3.8) is 0 Å². The minimum Gasteiger partial charge on any atom is -0.461 e. The van der Waals surface area contributed by atoms with Crippen LogP contribution in [0.5, 0.6) is 0 Å². The van der Waals surface area contributed by atoms with Crippen molar-refractivity contribution >= 4 is 51.2 Å². The third-order valence-corrected chi connectivity index (χ3v) is 10.4. The zero-order valence-corrected chi connectivity index (χ0v) is 22.4. The zero-order chi connectivity index (χ0) is 25.5. The molecule has 4 rings (SSSR count). The highest BCUT2D eigenvalue weighted by molar-refractivity contribution is 9.09. The Morgan fingerprint density at radius 3 is 2.74 bits per heavy atom. The number of esters is 1. The molecule has 1 aromatic carbocycles. The van der Waals surface area contributed by atoms with Crippen molar-refractivity contribution in [3.8, 4) is 0 Å². The number of aliphatic hydroxyl groups excluding tert-OH is 1. The summed E-state index contributed by atoms with van der Waals surface area (Å²) >= 11 is 5.27. The van der Waals surface area contributed by atoms with Crippen molar-refractivity contribution in [3.05, 3.63) is 54.6 Å². The Bertz CT molecular complexity index is 1060. The second kappa shape index (κ2) is 10.1. The lowest BCUT2D eigenvalue weighted by molar-refractivity contribution is -0.153. The number of carbonyl (C=O) groups excluding carboxylic acids is 3. The lowest BCUT2D eigenvalue weighted by Crippen LogP contribution is -2.56. The summed E-state index contributed by atoms with van der Waals surface area (Å²) in [4.78, 5) is 44.3. The highest BCUT2D eigenvalue weighted by Crippen LogP contribution is 2.68. The molecule has 3 unspecified atom stereocenters. The molecule has 1 N–H and O–H groups in total. The van der Waals surface area contributed by atoms with Crippen LogP contribution in [0.1, 0.15) is 17.5 Å². The smallest absolute Gasteiger partial charge is 0.311 e. The van der Waals surface area contributed by atoms with Crippen molar-refractivity contribution < 1.29 is 24.2 Å². The monoisotopic (exact) mass is 562 g/mol. The number of rotatable bonds is 9. The number of carbonyl (C=O) groups is 3. The highest BCUT2D eigenvalue weighted by Gasteiger charge is 2.76. The molecule has 0 saturated carbocycles. The van der Waals surface area contributed by atoms with Gasteiger partial charge >= 0.3 is 5.97 Å². The summed E-state index contributed by atoms with van der Waals surface area (Å²) in [5.74, 6) is -2.30. The molecule has 3 fully saturated rings. The fourth-order valence-electron chi connectivity index (χ4n) is 5.86. The molecule has 9 heteroatoms. The summed E-state index contributed by atoms with van der Waals surface area (Å²) in [6.07, 6.45) is 3.73. The molecule has 2 amide bonds. The molecule has 2 bridgehead atoms. The normalized spacial score (nSPS) is 30.8. The first-order chi connectivity index (χ1) is 16.7. The maximum atomic E-state index is 14.4. The predicted octanol–water partition coefficient (Wildman–Crippen LogP) is 3.01. The standard InChI is InChI=1S/C26H31BrN2O5S/c1-5-9-28(18-13-15(3)7-8-16(18)4)24(32)22-26-14-17(27)21(35-26)19(25(33)34-12-6-2)20(26)23(31)29(22)10-11-30/h5-8,13,17,19-22,30H,1-2,9-12,14H2,3-4H3/t17?,19-,20+,21-,22?,26?/m1/s1. The number of fused-ring (bicyclic) bond motifs is 1. The van der Waals surface area contributed by atoms with Gasteiger partial charge in [0.2, 0.25) is 5.91 Å². The largest absolute Gasteiger partial charge is 0.461 e. The Morgan fingerprint density at radius 1 is 1.34 bits per heavy atom. The Balaban J connectivity index is 1.79. The second-order valence-electron chi connectivity index (χ2n) is 9.36. The number of thioether (sulfide) groups is 1. The van der Waals surface area contributed by atoms with E-state index in [2.05, 4.69) is 29.1 Å². The second-order valence-corrected chi connectivity index (χ2v) is 12.1. The summed E-state index contributed by atoms with van der Waals surface area (Å²) in [6, 6.07) is 5.10. The number of likely N-dealkylation sites (tertiary alicyclic amines) is 1. The molecular weight excluding hydrogens is 532 g/mol. The maximum absolute atomic E-state index is 14.4. The van der Waals surface area contributed by atoms with Crippen molar-refractivity contribution in [1.29, 1.82) is 0 Å². The Hall–Kier alpha value is -2.10. The SMILES string of the molecule is C=CCOC(=O)[C@H]1[C@@H]2SC3(CC2Br)C(C(=O)N(CC=C)c2cc(C)ccc2C)N(CCO)C(=O)[C@H]13. The van der Waals surface area contributed by atoms with Crippen LogP contribution in [0, 0.1) is 25.7 Å². The van der Waals surface area contributed by atoms with Gasteiger partial charge in [0.15, 0.2) is 0 Å². The van der Waals surface area contributed by atoms with Crippen LogP contribution in [0.4, 0.5) is 5.69 Å². The van der Waals surface area contributed by atoms with Crippen LogP contribution in [0.15, 0.2) is 43.5 Å². The molecule has 1 aromatic rings. The fourth-order valence-corrected chi connectivity index (χ4v) is 9.45. The lowest BCUT2D eigenvalue weighted by Gasteiger charge is -2.38. The molecule has 3 heterocycles. The first kappa shape index (κ1) is 26.0. The average molecular weight is 564 g/mol. The number of hydrogen-bond donors (Lipinski definition) is 1. The number of nitrogens with zero attached hydrogens (tertiary/aromatic N) is 2. The molecule has 3 aliphatic heterocycles. The first-order valence-corrected chi connectivity index (χ1v) is 13.5. The number of β-amino-alcohol motifs (C(OH)–C–C–N with tert-alkyl or cyclic N) is 1. The first-order valence-electron chi connectivity index (χ1n) is 11.7. The van der Waals surface area contributed by atoms with E-state index in [9.17, 15) is 19.5 Å². The number of alkyl halides is 1. The third-order valence-electron chi connectivity index (χ3n) is 7.21. The number of aryl methyl sites for hydroxylation is 2. The molecule has 0 aromatic heterocycles. The van der Waals surface area contributed by atoms with Crippen LogP contribution in [0.3, 0.4) is 0 Å². The van der Waals surface area contributed by atoms with E-state index >= 15 is 0 Å². The summed E-state index contributed by atoms with van der Waals surface area (Å²) in [5.41, 5.74) is 2.71. The Kier molecular flexibility index (Phi) is 7.50. The van der Waals surface area contributed by atoms with Gasteiger partial charge in [-0.1, -0.05) is 46.8 Å². The molecule has 0 radical (unpaired) electrons. The highest BCUT2D eigenvalue weighted by atomic mass is 79.9. The van der Waals surface area contributed by atoms with E-state index in [0.717, 1.165) is 16.8 Å². The van der Waals surface area contributed by atoms with Crippen molar-refractivity contribution in [1.82, 2.24) is 4.90 Å². The zero-order valence-electron chi connectivity index (χ0n) is 20.0. The van der Waals surface area contributed by atoms with E-state index in [4.69, 9.17) is 4.74 Å². The van der Waals surface area contributed by atoms with Gasteiger partial charge in [-0.3, -0.25) is 14.4 Å². The fraction of sp³-hybridized carbons (Fsp3) is 0.500. The van der Waals surface area contributed by atoms with Crippen molar-refractivity contribution in [2.45, 2.75) is 41.1 Å². The van der Waals surface area contributed by atoms with Crippen LogP contribution in [-0.2, 0) is 19.1 Å². The maximum Gasteiger partial charge on any atom is 0.311 e. The van der Waals surface area contributed by atoms with Crippen LogP contribution >= 0.6 is 27.7 Å². The molecule has 188 valence electrons. The van der Waals surface area contributed by atoms with Gasteiger partial charge in [-0.25, -0.2) is 0 Å². The summed E-state index contributed by atoms with van der Waals surface area (Å²) in [5, 5.41) is 9.62. The van der Waals surface area contributed by atoms with Gasteiger partial charge in [-0.15, -0.1) is 18.3 Å². The minimum absolute atomic E-state index is 0.0226. The van der Waals surface area contributed by atoms with Crippen LogP contribution in [-0.4, -0.2) is 75.0 Å². The van der Waals surface area contributed by atoms with Crippen LogP contribution in [0.2, 0.25) is 0 Å². The number of ether oxygens (including phenoxy) is 1. The quantitative estimate of drug-likeness (QED) is 0.283. The van der Waals surface area contributed by atoms with E-state index in [1.165, 1.54) is 11.0 Å². The molecular formula is C26H31BrN2O5S. The summed E-state index contributed by atoms with van der Waals surface area (Å²) in [6.45, 7) is 11.4. The number of halogens is 1. The topological polar surface area (TPSA) is 87.2 Å². The van der Waals surface area contributed by atoms with Crippen molar-refractivity contribution in [2.24, 2.45) is 11.8 Å². The van der Waals surface area contributed by atoms with Gasteiger partial charge in [0, 0.05) is 28.9 Å². The van der Waals surface area contributed by atoms with E-state index in [-0.39, 0.29) is 48.2 Å². The molecule has 3 saturated heterocycles. The van der Waals surface area contributed by atoms with Gasteiger partial charge in [-0.05, 0) is 37.5 Å². The van der Waals surface area contributed by atoms with Crippen molar-refractivity contribution in [2.75, 3.05) is 31.2 Å². The van der Waals surface area contributed by atoms with E-state index in [1.54, 1.807) is 22.7 Å². The van der Waals surface area contributed by atoms with Gasteiger partial charge in [0.1, 0.15) is 12.6 Å². The van der Waals surface area contributed by atoms with Gasteiger partial charge in [0.25, 0.3) is 5.91 Å². The number of amides is 2.